The van der Waals surface area contributed by atoms with E-state index in [0.717, 1.165) is 11.1 Å². The van der Waals surface area contributed by atoms with Crippen LogP contribution in [-0.2, 0) is 11.3 Å². The molecule has 0 saturated heterocycles. The van der Waals surface area contributed by atoms with Gasteiger partial charge >= 0.3 is 0 Å². The van der Waals surface area contributed by atoms with E-state index >= 15 is 0 Å². The molecule has 6 nitrogen and oxygen atoms in total. The van der Waals surface area contributed by atoms with E-state index in [2.05, 4.69) is 0 Å². The summed E-state index contributed by atoms with van der Waals surface area (Å²) in [5.41, 5.74) is 3.25. The van der Waals surface area contributed by atoms with Crippen LogP contribution in [0.4, 0.5) is 0 Å². The number of ether oxygens (including phenoxy) is 1. The van der Waals surface area contributed by atoms with E-state index in [4.69, 9.17) is 9.84 Å². The summed E-state index contributed by atoms with van der Waals surface area (Å²) in [6.07, 6.45) is -6.08. The van der Waals surface area contributed by atoms with Crippen LogP contribution in [0.15, 0.2) is 18.2 Å². The molecule has 0 heterocycles. The zero-order valence-electron chi connectivity index (χ0n) is 12.3. The molecule has 0 spiro atoms. The summed E-state index contributed by atoms with van der Waals surface area (Å²) in [4.78, 5) is 0. The minimum Gasteiger partial charge on any atom is -0.394 e. The molecule has 4 unspecified atom stereocenters. The lowest BCUT2D eigenvalue weighted by Crippen LogP contribution is -2.47. The molecule has 0 aliphatic heterocycles. The summed E-state index contributed by atoms with van der Waals surface area (Å²) in [6.45, 7) is 3.37. The molecule has 1 rings (SSSR count). The van der Waals surface area contributed by atoms with Gasteiger partial charge in [-0.15, -0.1) is 0 Å². The van der Waals surface area contributed by atoms with Gasteiger partial charge in [0, 0.05) is 0 Å². The number of hydrogen-bond acceptors (Lipinski definition) is 6. The Bertz CT molecular complexity index is 436. The zero-order chi connectivity index (χ0) is 16.0. The first-order valence-corrected chi connectivity index (χ1v) is 6.83. The van der Waals surface area contributed by atoms with E-state index in [0.29, 0.717) is 0 Å². The van der Waals surface area contributed by atoms with Gasteiger partial charge in [-0.2, -0.15) is 0 Å². The highest BCUT2D eigenvalue weighted by atomic mass is 16.5. The first-order valence-electron chi connectivity index (χ1n) is 6.83. The van der Waals surface area contributed by atoms with Gasteiger partial charge in [-0.25, -0.2) is 0 Å². The van der Waals surface area contributed by atoms with E-state index in [-0.39, 0.29) is 13.2 Å². The number of rotatable bonds is 8. The Kier molecular flexibility index (Phi) is 7.24. The number of hydrogen-bond donors (Lipinski definition) is 5. The van der Waals surface area contributed by atoms with Gasteiger partial charge in [0.25, 0.3) is 0 Å². The van der Waals surface area contributed by atoms with Crippen LogP contribution >= 0.6 is 0 Å². The Morgan fingerprint density at radius 1 is 0.952 bits per heavy atom. The zero-order valence-corrected chi connectivity index (χ0v) is 12.3. The third-order valence-corrected chi connectivity index (χ3v) is 3.45. The molecule has 0 saturated carbocycles. The Hall–Kier alpha value is -1.02. The van der Waals surface area contributed by atoms with Crippen LogP contribution in [0.25, 0.3) is 0 Å². The SMILES string of the molecule is Cc1ccc(COCC(O)C(O)C(O)C(O)CO)cc1C. The van der Waals surface area contributed by atoms with E-state index in [9.17, 15) is 20.4 Å². The maximum atomic E-state index is 9.68. The van der Waals surface area contributed by atoms with Crippen molar-refractivity contribution in [3.05, 3.63) is 34.9 Å². The van der Waals surface area contributed by atoms with Gasteiger partial charge in [0.15, 0.2) is 0 Å². The van der Waals surface area contributed by atoms with Crippen molar-refractivity contribution in [3.63, 3.8) is 0 Å². The normalized spacial score (nSPS) is 17.3. The highest BCUT2D eigenvalue weighted by Crippen LogP contribution is 2.11. The third-order valence-electron chi connectivity index (χ3n) is 3.45. The van der Waals surface area contributed by atoms with E-state index < -0.39 is 31.0 Å². The van der Waals surface area contributed by atoms with Gasteiger partial charge < -0.3 is 30.3 Å². The van der Waals surface area contributed by atoms with Crippen LogP contribution in [0.3, 0.4) is 0 Å². The Morgan fingerprint density at radius 3 is 2.14 bits per heavy atom. The fourth-order valence-corrected chi connectivity index (χ4v) is 1.85. The van der Waals surface area contributed by atoms with Crippen molar-refractivity contribution in [2.45, 2.75) is 44.9 Å². The minimum atomic E-state index is -1.63. The fourth-order valence-electron chi connectivity index (χ4n) is 1.85. The van der Waals surface area contributed by atoms with Crippen molar-refractivity contribution in [2.75, 3.05) is 13.2 Å². The molecule has 0 aliphatic carbocycles. The molecule has 0 aromatic heterocycles. The number of benzene rings is 1. The molecule has 5 N–H and O–H groups in total. The van der Waals surface area contributed by atoms with Crippen molar-refractivity contribution in [3.8, 4) is 0 Å². The number of aliphatic hydroxyl groups excluding tert-OH is 5. The highest BCUT2D eigenvalue weighted by Gasteiger charge is 2.29. The number of aryl methyl sites for hydroxylation is 2. The second-order valence-electron chi connectivity index (χ2n) is 5.23. The molecule has 1 aromatic rings. The lowest BCUT2D eigenvalue weighted by atomic mass is 10.0. The Morgan fingerprint density at radius 2 is 1.57 bits per heavy atom. The number of aliphatic hydroxyl groups is 5. The van der Waals surface area contributed by atoms with Crippen molar-refractivity contribution < 1.29 is 30.3 Å². The van der Waals surface area contributed by atoms with Crippen LogP contribution in [0, 0.1) is 13.8 Å². The van der Waals surface area contributed by atoms with Crippen molar-refractivity contribution in [1.82, 2.24) is 0 Å². The average Bonchev–Trinajstić information content (AvgIpc) is 2.48. The monoisotopic (exact) mass is 300 g/mol. The molecular weight excluding hydrogens is 276 g/mol. The predicted molar refractivity (Wildman–Crippen MR) is 76.7 cm³/mol. The van der Waals surface area contributed by atoms with E-state index in [1.54, 1.807) is 0 Å². The lowest BCUT2D eigenvalue weighted by Gasteiger charge is -2.25. The molecule has 4 atom stereocenters. The summed E-state index contributed by atoms with van der Waals surface area (Å²) in [5.74, 6) is 0. The molecule has 1 aromatic carbocycles. The molecule has 0 fully saturated rings. The molecule has 6 heteroatoms. The van der Waals surface area contributed by atoms with Crippen LogP contribution in [-0.4, -0.2) is 63.2 Å². The van der Waals surface area contributed by atoms with Gasteiger partial charge in [0.2, 0.25) is 0 Å². The summed E-state index contributed by atoms with van der Waals surface area (Å²) < 4.78 is 5.30. The Labute approximate surface area is 124 Å². The van der Waals surface area contributed by atoms with Gasteiger partial charge in [-0.1, -0.05) is 18.2 Å². The van der Waals surface area contributed by atoms with Crippen LogP contribution in [0.5, 0.6) is 0 Å². The van der Waals surface area contributed by atoms with E-state index in [1.807, 2.05) is 32.0 Å². The van der Waals surface area contributed by atoms with Crippen LogP contribution in [0.1, 0.15) is 16.7 Å². The molecule has 120 valence electrons. The molecule has 0 bridgehead atoms. The molecule has 0 amide bonds. The summed E-state index contributed by atoms with van der Waals surface area (Å²) in [6, 6.07) is 5.86. The quantitative estimate of drug-likeness (QED) is 0.432. The molecular formula is C15H24O6. The fraction of sp³-hybridized carbons (Fsp3) is 0.600. The predicted octanol–water partition coefficient (Wildman–Crippen LogP) is -0.744. The standard InChI is InChI=1S/C15H24O6/c1-9-3-4-11(5-10(9)2)7-21-8-13(18)15(20)14(19)12(17)6-16/h3-5,12-20H,6-8H2,1-2H3. The van der Waals surface area contributed by atoms with Gasteiger partial charge in [-0.05, 0) is 30.5 Å². The molecule has 0 radical (unpaired) electrons. The van der Waals surface area contributed by atoms with Gasteiger partial charge in [0.1, 0.15) is 24.4 Å². The summed E-state index contributed by atoms with van der Waals surface area (Å²) in [7, 11) is 0. The van der Waals surface area contributed by atoms with Gasteiger partial charge in [0.05, 0.1) is 19.8 Å². The maximum absolute atomic E-state index is 9.68. The van der Waals surface area contributed by atoms with Gasteiger partial charge in [-0.3, -0.25) is 0 Å². The molecule has 0 aliphatic rings. The highest BCUT2D eigenvalue weighted by molar-refractivity contribution is 5.29. The van der Waals surface area contributed by atoms with Crippen molar-refractivity contribution in [2.24, 2.45) is 0 Å². The van der Waals surface area contributed by atoms with Crippen LogP contribution < -0.4 is 0 Å². The maximum Gasteiger partial charge on any atom is 0.111 e. The topological polar surface area (TPSA) is 110 Å². The summed E-state index contributed by atoms with van der Waals surface area (Å²) >= 11 is 0. The average molecular weight is 300 g/mol. The second kappa shape index (κ2) is 8.43. The van der Waals surface area contributed by atoms with E-state index in [1.165, 1.54) is 5.56 Å². The van der Waals surface area contributed by atoms with Crippen molar-refractivity contribution >= 4 is 0 Å². The van der Waals surface area contributed by atoms with Crippen molar-refractivity contribution in [1.29, 1.82) is 0 Å². The third kappa shape index (κ3) is 5.35. The summed E-state index contributed by atoms with van der Waals surface area (Å²) in [5, 5.41) is 46.6. The first kappa shape index (κ1) is 18.0. The minimum absolute atomic E-state index is 0.191. The second-order valence-corrected chi connectivity index (χ2v) is 5.23. The lowest BCUT2D eigenvalue weighted by molar-refractivity contribution is -0.130. The Balaban J connectivity index is 2.42. The van der Waals surface area contributed by atoms with Crippen LogP contribution in [0.2, 0.25) is 0 Å². The smallest absolute Gasteiger partial charge is 0.111 e. The molecule has 21 heavy (non-hydrogen) atoms. The largest absolute Gasteiger partial charge is 0.394 e. The first-order chi connectivity index (χ1) is 9.86.